The lowest BCUT2D eigenvalue weighted by atomic mass is 9.89. The van der Waals surface area contributed by atoms with E-state index in [4.69, 9.17) is 0 Å². The minimum Gasteiger partial charge on any atom is -0.388 e. The third-order valence-corrected chi connectivity index (χ3v) is 6.55. The van der Waals surface area contributed by atoms with Gasteiger partial charge in [0.15, 0.2) is 0 Å². The summed E-state index contributed by atoms with van der Waals surface area (Å²) in [6, 6.07) is 19.4. The van der Waals surface area contributed by atoms with Crippen LogP contribution in [-0.4, -0.2) is 36.2 Å². The van der Waals surface area contributed by atoms with Gasteiger partial charge in [-0.15, -0.1) is 0 Å². The van der Waals surface area contributed by atoms with Crippen LogP contribution in [0.15, 0.2) is 54.6 Å². The number of hydrogen-bond donors (Lipinski definition) is 1. The molecule has 2 heterocycles. The van der Waals surface area contributed by atoms with Crippen LogP contribution < -0.4 is 4.90 Å². The predicted molar refractivity (Wildman–Crippen MR) is 117 cm³/mol. The van der Waals surface area contributed by atoms with Gasteiger partial charge >= 0.3 is 0 Å². The van der Waals surface area contributed by atoms with Crippen LogP contribution in [0, 0.1) is 5.92 Å². The van der Waals surface area contributed by atoms with Crippen molar-refractivity contribution in [1.82, 2.24) is 4.90 Å². The first-order valence-electron chi connectivity index (χ1n) is 11.1. The number of aliphatic hydroxyl groups excluding tert-OH is 1. The van der Waals surface area contributed by atoms with Crippen LogP contribution in [0.25, 0.3) is 0 Å². The van der Waals surface area contributed by atoms with E-state index in [1.54, 1.807) is 0 Å². The molecule has 2 aromatic rings. The van der Waals surface area contributed by atoms with Crippen LogP contribution in [0.3, 0.4) is 0 Å². The van der Waals surface area contributed by atoms with Crippen molar-refractivity contribution in [2.75, 3.05) is 31.1 Å². The zero-order chi connectivity index (χ0) is 19.2. The highest BCUT2D eigenvalue weighted by Crippen LogP contribution is 2.29. The number of piperidine rings is 1. The molecule has 2 saturated heterocycles. The lowest BCUT2D eigenvalue weighted by Crippen LogP contribution is -2.33. The molecule has 1 atom stereocenters. The summed E-state index contributed by atoms with van der Waals surface area (Å²) >= 11 is 0. The van der Waals surface area contributed by atoms with Crippen molar-refractivity contribution in [2.24, 2.45) is 5.92 Å². The molecule has 2 aliphatic rings. The number of hydrogen-bond acceptors (Lipinski definition) is 3. The smallest absolute Gasteiger partial charge is 0.0790 e. The number of rotatable bonds is 7. The first-order valence-corrected chi connectivity index (χ1v) is 11.1. The van der Waals surface area contributed by atoms with Crippen molar-refractivity contribution in [1.29, 1.82) is 0 Å². The predicted octanol–water partition coefficient (Wildman–Crippen LogP) is 5.01. The van der Waals surface area contributed by atoms with Gasteiger partial charge in [0.2, 0.25) is 0 Å². The molecule has 0 amide bonds. The van der Waals surface area contributed by atoms with E-state index in [1.807, 2.05) is 0 Å². The number of benzene rings is 2. The Morgan fingerprint density at radius 2 is 1.54 bits per heavy atom. The molecule has 2 aliphatic heterocycles. The highest BCUT2D eigenvalue weighted by Gasteiger charge is 2.20. The summed E-state index contributed by atoms with van der Waals surface area (Å²) < 4.78 is 0. The molecule has 2 aromatic carbocycles. The summed E-state index contributed by atoms with van der Waals surface area (Å²) in [5, 5.41) is 10.6. The van der Waals surface area contributed by atoms with Gasteiger partial charge in [-0.25, -0.2) is 0 Å². The summed E-state index contributed by atoms with van der Waals surface area (Å²) in [6.45, 7) is 5.77. The Bertz CT molecular complexity index is 701. The maximum Gasteiger partial charge on any atom is 0.0790 e. The standard InChI is InChI=1S/C25H34N2O/c28-25(23-9-11-24(12-10-23)27-16-4-5-17-27)13-8-21-14-18-26(19-15-21)20-22-6-2-1-3-7-22/h1-3,6-7,9-12,21,25,28H,4-5,8,13-20H2. The molecule has 0 spiro atoms. The van der Waals surface area contributed by atoms with Crippen molar-refractivity contribution < 1.29 is 5.11 Å². The maximum absolute atomic E-state index is 10.6. The van der Waals surface area contributed by atoms with Crippen LogP contribution >= 0.6 is 0 Å². The van der Waals surface area contributed by atoms with Gasteiger partial charge in [0.05, 0.1) is 6.10 Å². The Labute approximate surface area is 170 Å². The van der Waals surface area contributed by atoms with Gasteiger partial charge in [0.25, 0.3) is 0 Å². The minimum atomic E-state index is -0.324. The quantitative estimate of drug-likeness (QED) is 0.733. The topological polar surface area (TPSA) is 26.7 Å². The van der Waals surface area contributed by atoms with E-state index in [2.05, 4.69) is 64.4 Å². The van der Waals surface area contributed by atoms with Crippen LogP contribution in [0.1, 0.15) is 55.8 Å². The molecule has 3 nitrogen and oxygen atoms in total. The molecule has 1 unspecified atom stereocenters. The minimum absolute atomic E-state index is 0.324. The second kappa shape index (κ2) is 9.58. The van der Waals surface area contributed by atoms with Crippen LogP contribution in [0.5, 0.6) is 0 Å². The van der Waals surface area contributed by atoms with Gasteiger partial charge < -0.3 is 10.0 Å². The molecular formula is C25H34N2O. The lowest BCUT2D eigenvalue weighted by Gasteiger charge is -2.32. The Kier molecular flexibility index (Phi) is 6.66. The van der Waals surface area contributed by atoms with Crippen molar-refractivity contribution >= 4 is 5.69 Å². The number of nitrogens with zero attached hydrogens (tertiary/aromatic N) is 2. The highest BCUT2D eigenvalue weighted by molar-refractivity contribution is 5.48. The average Bonchev–Trinajstić information content (AvgIpc) is 3.29. The van der Waals surface area contributed by atoms with E-state index in [1.165, 1.54) is 63.1 Å². The van der Waals surface area contributed by atoms with E-state index in [-0.39, 0.29) is 6.10 Å². The van der Waals surface area contributed by atoms with Crippen LogP contribution in [-0.2, 0) is 6.54 Å². The molecule has 0 aromatic heterocycles. The van der Waals surface area contributed by atoms with Gasteiger partial charge in [-0.1, -0.05) is 42.5 Å². The normalized spacial score (nSPS) is 19.8. The van der Waals surface area contributed by atoms with Gasteiger partial charge in [-0.05, 0) is 80.8 Å². The molecule has 0 saturated carbocycles. The summed E-state index contributed by atoms with van der Waals surface area (Å²) in [5.74, 6) is 0.755. The molecule has 28 heavy (non-hydrogen) atoms. The fourth-order valence-electron chi connectivity index (χ4n) is 4.72. The van der Waals surface area contributed by atoms with Crippen molar-refractivity contribution in [3.8, 4) is 0 Å². The van der Waals surface area contributed by atoms with E-state index >= 15 is 0 Å². The Hall–Kier alpha value is -1.84. The fraction of sp³-hybridized carbons (Fsp3) is 0.520. The van der Waals surface area contributed by atoms with E-state index in [0.29, 0.717) is 0 Å². The molecule has 4 rings (SSSR count). The summed E-state index contributed by atoms with van der Waals surface area (Å²) in [6.07, 6.45) is 6.81. The van der Waals surface area contributed by atoms with E-state index in [0.717, 1.165) is 30.9 Å². The third kappa shape index (κ3) is 5.15. The molecule has 1 N–H and O–H groups in total. The largest absolute Gasteiger partial charge is 0.388 e. The number of aliphatic hydroxyl groups is 1. The highest BCUT2D eigenvalue weighted by atomic mass is 16.3. The van der Waals surface area contributed by atoms with Gasteiger partial charge in [-0.2, -0.15) is 0 Å². The van der Waals surface area contributed by atoms with E-state index in [9.17, 15) is 5.11 Å². The molecule has 0 bridgehead atoms. The lowest BCUT2D eigenvalue weighted by molar-refractivity contribution is 0.132. The zero-order valence-corrected chi connectivity index (χ0v) is 17.0. The van der Waals surface area contributed by atoms with Gasteiger partial charge in [0, 0.05) is 25.3 Å². The Morgan fingerprint density at radius 1 is 0.857 bits per heavy atom. The summed E-state index contributed by atoms with van der Waals surface area (Å²) in [5.41, 5.74) is 3.79. The molecule has 2 fully saturated rings. The molecule has 150 valence electrons. The molecule has 0 aliphatic carbocycles. The Morgan fingerprint density at radius 3 is 2.21 bits per heavy atom. The zero-order valence-electron chi connectivity index (χ0n) is 17.0. The van der Waals surface area contributed by atoms with Crippen molar-refractivity contribution in [3.63, 3.8) is 0 Å². The molecule has 3 heteroatoms. The maximum atomic E-state index is 10.6. The first-order chi connectivity index (χ1) is 13.8. The first kappa shape index (κ1) is 19.5. The fourth-order valence-corrected chi connectivity index (χ4v) is 4.72. The second-order valence-corrected chi connectivity index (χ2v) is 8.58. The number of likely N-dealkylation sites (tertiary alicyclic amines) is 1. The average molecular weight is 379 g/mol. The van der Waals surface area contributed by atoms with Crippen LogP contribution in [0.2, 0.25) is 0 Å². The number of anilines is 1. The van der Waals surface area contributed by atoms with E-state index < -0.39 is 0 Å². The summed E-state index contributed by atoms with van der Waals surface area (Å²) in [4.78, 5) is 5.01. The van der Waals surface area contributed by atoms with Gasteiger partial charge in [-0.3, -0.25) is 4.90 Å². The molecular weight excluding hydrogens is 344 g/mol. The van der Waals surface area contributed by atoms with Crippen LogP contribution in [0.4, 0.5) is 5.69 Å². The van der Waals surface area contributed by atoms with Gasteiger partial charge in [0.1, 0.15) is 0 Å². The van der Waals surface area contributed by atoms with Crippen molar-refractivity contribution in [3.05, 3.63) is 65.7 Å². The second-order valence-electron chi connectivity index (χ2n) is 8.58. The summed E-state index contributed by atoms with van der Waals surface area (Å²) in [7, 11) is 0. The third-order valence-electron chi connectivity index (χ3n) is 6.55. The monoisotopic (exact) mass is 378 g/mol. The SMILES string of the molecule is OC(CCC1CCN(Cc2ccccc2)CC1)c1ccc(N2CCCC2)cc1. The van der Waals surface area contributed by atoms with Crippen molar-refractivity contribution in [2.45, 2.75) is 51.2 Å². The Balaban J connectivity index is 1.19. The molecule has 0 radical (unpaired) electrons.